The molecule has 1 aromatic heterocycles. The highest BCUT2D eigenvalue weighted by molar-refractivity contribution is 7.97. The molecule has 0 atom stereocenters. The van der Waals surface area contributed by atoms with Gasteiger partial charge in [-0.2, -0.15) is 0 Å². The van der Waals surface area contributed by atoms with Crippen molar-refractivity contribution in [2.45, 2.75) is 4.90 Å². The van der Waals surface area contributed by atoms with Crippen LogP contribution in [0.5, 0.6) is 5.75 Å². The predicted molar refractivity (Wildman–Crippen MR) is 122 cm³/mol. The first-order chi connectivity index (χ1) is 15.3. The quantitative estimate of drug-likeness (QED) is 0.395. The van der Waals surface area contributed by atoms with Gasteiger partial charge in [-0.25, -0.2) is 9.10 Å². The second kappa shape index (κ2) is 9.21. The van der Waals surface area contributed by atoms with Gasteiger partial charge in [0.1, 0.15) is 11.3 Å². The van der Waals surface area contributed by atoms with E-state index in [-0.39, 0.29) is 11.3 Å². The molecule has 0 radical (unpaired) electrons. The van der Waals surface area contributed by atoms with E-state index in [0.29, 0.717) is 47.9 Å². The molecule has 3 aromatic rings. The Kier molecular flexibility index (Phi) is 6.38. The number of hydrogen-bond acceptors (Lipinski definition) is 8. The number of anilines is 2. The van der Waals surface area contributed by atoms with Gasteiger partial charge < -0.3 is 26.0 Å². The van der Waals surface area contributed by atoms with Crippen LogP contribution in [0.4, 0.5) is 11.4 Å². The number of aromatic carboxylic acids is 1. The van der Waals surface area contributed by atoms with Crippen molar-refractivity contribution in [1.29, 1.82) is 0 Å². The smallest absolute Gasteiger partial charge is 0.341 e. The number of aromatic hydroxyl groups is 1. The fourth-order valence-electron chi connectivity index (χ4n) is 3.37. The molecule has 2 heterocycles. The molecular formula is C21H19ClN4O5S. The molecule has 32 heavy (non-hydrogen) atoms. The van der Waals surface area contributed by atoms with E-state index in [4.69, 9.17) is 22.1 Å². The van der Waals surface area contributed by atoms with Crippen LogP contribution in [0.25, 0.3) is 10.9 Å². The second-order valence-corrected chi connectivity index (χ2v) is 8.55. The SMILES string of the molecule is NC(=O)c1ccc(Nc2c(SN3CCOCC3)cnc3ccc(Cl)cc23)c(C(=O)O)c1O. The van der Waals surface area contributed by atoms with E-state index in [2.05, 4.69) is 14.6 Å². The predicted octanol–water partition coefficient (Wildman–Crippen LogP) is 3.47. The van der Waals surface area contributed by atoms with Crippen molar-refractivity contribution >= 4 is 57.7 Å². The first kappa shape index (κ1) is 22.2. The van der Waals surface area contributed by atoms with Crippen molar-refractivity contribution in [3.8, 4) is 5.75 Å². The third-order valence-corrected chi connectivity index (χ3v) is 6.27. The zero-order valence-electron chi connectivity index (χ0n) is 16.7. The topological polar surface area (TPSA) is 138 Å². The number of halogens is 1. The van der Waals surface area contributed by atoms with Gasteiger partial charge in [-0.15, -0.1) is 0 Å². The first-order valence-corrected chi connectivity index (χ1v) is 10.8. The number of carbonyl (C=O) groups excluding carboxylic acids is 1. The van der Waals surface area contributed by atoms with Gasteiger partial charge in [0, 0.05) is 29.7 Å². The lowest BCUT2D eigenvalue weighted by Gasteiger charge is -2.26. The van der Waals surface area contributed by atoms with Crippen molar-refractivity contribution in [3.63, 3.8) is 0 Å². The van der Waals surface area contributed by atoms with Crippen LogP contribution in [0.2, 0.25) is 5.02 Å². The number of nitrogens with zero attached hydrogens (tertiary/aromatic N) is 2. The van der Waals surface area contributed by atoms with Gasteiger partial charge in [0.25, 0.3) is 5.91 Å². The van der Waals surface area contributed by atoms with Crippen molar-refractivity contribution in [2.24, 2.45) is 5.73 Å². The normalized spacial score (nSPS) is 14.4. The minimum atomic E-state index is -1.41. The molecule has 0 saturated carbocycles. The largest absolute Gasteiger partial charge is 0.506 e. The lowest BCUT2D eigenvalue weighted by Crippen LogP contribution is -2.31. The number of carboxylic acids is 1. The number of amides is 1. The molecular weight excluding hydrogens is 456 g/mol. The average Bonchev–Trinajstić information content (AvgIpc) is 2.75. The van der Waals surface area contributed by atoms with Crippen LogP contribution < -0.4 is 11.1 Å². The number of carbonyl (C=O) groups is 2. The number of benzene rings is 2. The molecule has 1 aliphatic rings. The molecule has 2 aromatic carbocycles. The van der Waals surface area contributed by atoms with Gasteiger partial charge in [-0.1, -0.05) is 11.6 Å². The van der Waals surface area contributed by atoms with Crippen LogP contribution in [-0.2, 0) is 4.74 Å². The molecule has 1 aliphatic heterocycles. The number of pyridine rings is 1. The van der Waals surface area contributed by atoms with Gasteiger partial charge in [-0.05, 0) is 42.3 Å². The summed E-state index contributed by atoms with van der Waals surface area (Å²) in [6.07, 6.45) is 1.69. The van der Waals surface area contributed by atoms with E-state index in [1.807, 2.05) is 0 Å². The van der Waals surface area contributed by atoms with Crippen molar-refractivity contribution < 1.29 is 24.5 Å². The van der Waals surface area contributed by atoms with Crippen LogP contribution in [0, 0.1) is 0 Å². The molecule has 1 amide bonds. The molecule has 1 saturated heterocycles. The summed E-state index contributed by atoms with van der Waals surface area (Å²) in [5.74, 6) is -3.04. The Bertz CT molecular complexity index is 1220. The summed E-state index contributed by atoms with van der Waals surface area (Å²) < 4.78 is 7.52. The molecule has 5 N–H and O–H groups in total. The summed E-state index contributed by atoms with van der Waals surface area (Å²) in [6, 6.07) is 7.87. The maximum atomic E-state index is 11.9. The Morgan fingerprint density at radius 3 is 2.66 bits per heavy atom. The Balaban J connectivity index is 1.85. The number of carboxylic acid groups (broad SMARTS) is 1. The number of aromatic nitrogens is 1. The summed E-state index contributed by atoms with van der Waals surface area (Å²) in [7, 11) is 0. The number of ether oxygens (including phenoxy) is 1. The van der Waals surface area contributed by atoms with Crippen LogP contribution in [0.3, 0.4) is 0 Å². The number of primary amides is 1. The van der Waals surface area contributed by atoms with Crippen molar-refractivity contribution in [2.75, 3.05) is 31.6 Å². The monoisotopic (exact) mass is 474 g/mol. The van der Waals surface area contributed by atoms with Crippen molar-refractivity contribution in [1.82, 2.24) is 9.29 Å². The van der Waals surface area contributed by atoms with E-state index in [0.717, 1.165) is 4.90 Å². The average molecular weight is 475 g/mol. The van der Waals surface area contributed by atoms with E-state index < -0.39 is 23.2 Å². The zero-order chi connectivity index (χ0) is 22.8. The van der Waals surface area contributed by atoms with E-state index in [1.165, 1.54) is 24.1 Å². The van der Waals surface area contributed by atoms with Crippen molar-refractivity contribution in [3.05, 3.63) is 52.7 Å². The van der Waals surface area contributed by atoms with Crippen LogP contribution in [0.1, 0.15) is 20.7 Å². The zero-order valence-corrected chi connectivity index (χ0v) is 18.2. The molecule has 11 heteroatoms. The lowest BCUT2D eigenvalue weighted by atomic mass is 10.0. The summed E-state index contributed by atoms with van der Waals surface area (Å²) in [6.45, 7) is 2.64. The van der Waals surface area contributed by atoms with Gasteiger partial charge in [0.2, 0.25) is 0 Å². The highest BCUT2D eigenvalue weighted by Crippen LogP contribution is 2.40. The Labute approximate surface area is 192 Å². The fraction of sp³-hybridized carbons (Fsp3) is 0.190. The number of hydrogen-bond donors (Lipinski definition) is 4. The molecule has 1 fully saturated rings. The highest BCUT2D eigenvalue weighted by atomic mass is 35.5. The Hall–Kier alpha value is -3.05. The molecule has 0 spiro atoms. The summed E-state index contributed by atoms with van der Waals surface area (Å²) in [5, 5.41) is 24.4. The molecule has 0 bridgehead atoms. The number of nitrogens with two attached hydrogens (primary N) is 1. The number of phenols is 1. The van der Waals surface area contributed by atoms with Crippen LogP contribution in [-0.4, -0.2) is 57.7 Å². The molecule has 0 aliphatic carbocycles. The molecule has 4 rings (SSSR count). The number of nitrogens with one attached hydrogen (secondary N) is 1. The molecule has 9 nitrogen and oxygen atoms in total. The van der Waals surface area contributed by atoms with Crippen LogP contribution >= 0.6 is 23.5 Å². The third-order valence-electron chi connectivity index (χ3n) is 4.91. The Morgan fingerprint density at radius 2 is 1.97 bits per heavy atom. The fourth-order valence-corrected chi connectivity index (χ4v) is 4.50. The van der Waals surface area contributed by atoms with Crippen LogP contribution in [0.15, 0.2) is 41.4 Å². The lowest BCUT2D eigenvalue weighted by molar-refractivity contribution is 0.0695. The third kappa shape index (κ3) is 4.44. The Morgan fingerprint density at radius 1 is 1.22 bits per heavy atom. The van der Waals surface area contributed by atoms with E-state index in [9.17, 15) is 19.8 Å². The van der Waals surface area contributed by atoms with Gasteiger partial charge in [0.05, 0.1) is 40.6 Å². The number of morpholine rings is 1. The minimum Gasteiger partial charge on any atom is -0.506 e. The molecule has 166 valence electrons. The standard InChI is InChI=1S/C21H19ClN4O5S/c22-11-1-3-14-13(9-11)18(16(10-24-14)32-26-5-7-31-8-6-26)25-15-4-2-12(20(23)28)19(27)17(15)21(29)30/h1-4,9-10,27H,5-8H2,(H2,23,28)(H,24,25)(H,29,30). The van der Waals surface area contributed by atoms with Gasteiger partial charge >= 0.3 is 5.97 Å². The second-order valence-electron chi connectivity index (χ2n) is 6.97. The maximum absolute atomic E-state index is 11.9. The molecule has 0 unspecified atom stereocenters. The number of fused-ring (bicyclic) bond motifs is 1. The van der Waals surface area contributed by atoms with E-state index in [1.54, 1.807) is 24.4 Å². The number of rotatable bonds is 6. The maximum Gasteiger partial charge on any atom is 0.341 e. The minimum absolute atomic E-state index is 0.0938. The van der Waals surface area contributed by atoms with E-state index >= 15 is 0 Å². The highest BCUT2D eigenvalue weighted by Gasteiger charge is 2.23. The first-order valence-electron chi connectivity index (χ1n) is 9.60. The summed E-state index contributed by atoms with van der Waals surface area (Å²) in [5.41, 5.74) is 5.83. The summed E-state index contributed by atoms with van der Waals surface area (Å²) >= 11 is 7.68. The van der Waals surface area contributed by atoms with Gasteiger partial charge in [0.15, 0.2) is 0 Å². The summed E-state index contributed by atoms with van der Waals surface area (Å²) in [4.78, 5) is 28.7. The van der Waals surface area contributed by atoms with Gasteiger partial charge in [-0.3, -0.25) is 9.78 Å².